The van der Waals surface area contributed by atoms with E-state index < -0.39 is 0 Å². The second-order valence-corrected chi connectivity index (χ2v) is 9.48. The first kappa shape index (κ1) is 10.9. The van der Waals surface area contributed by atoms with Gasteiger partial charge in [0.25, 0.3) is 0 Å². The van der Waals surface area contributed by atoms with Crippen LogP contribution in [0.15, 0.2) is 0 Å². The van der Waals surface area contributed by atoms with Crippen LogP contribution in [0, 0.1) is 11.8 Å². The van der Waals surface area contributed by atoms with Crippen LogP contribution in [-0.2, 0) is 0 Å². The number of rotatable bonds is 3. The molecule has 0 fully saturated rings. The maximum atomic E-state index is 2.38. The average Bonchev–Trinajstić information content (AvgIpc) is 1.85. The fraction of sp³-hybridized carbons (Fsp3) is 1.00. The third-order valence-corrected chi connectivity index (χ3v) is 12.0. The van der Waals surface area contributed by atoms with Gasteiger partial charge in [0.2, 0.25) is 0 Å². The van der Waals surface area contributed by atoms with Crippen LogP contribution in [0.3, 0.4) is 0 Å². The van der Waals surface area contributed by atoms with Crippen molar-refractivity contribution in [2.24, 2.45) is 11.8 Å². The molecule has 10 heavy (non-hydrogen) atoms. The van der Waals surface area contributed by atoms with E-state index in [9.17, 15) is 0 Å². The van der Waals surface area contributed by atoms with Gasteiger partial charge >= 0.3 is 80.4 Å². The standard InChI is InChI=1S/C9H19.In.2H/c1-6-9(7(2)3)8(4)5;;;/h7-8H,6H2,1-5H3;;;. The molecule has 0 radical (unpaired) electrons. The van der Waals surface area contributed by atoms with E-state index in [1.165, 1.54) is 6.42 Å². The van der Waals surface area contributed by atoms with Crippen molar-refractivity contribution in [2.45, 2.75) is 44.2 Å². The third-order valence-electron chi connectivity index (χ3n) is 3.40. The molecule has 0 aliphatic rings. The van der Waals surface area contributed by atoms with Gasteiger partial charge in [0.1, 0.15) is 0 Å². The Balaban J connectivity index is 4.23. The van der Waals surface area contributed by atoms with Gasteiger partial charge in [-0.1, -0.05) is 0 Å². The molecule has 0 unspecified atom stereocenters. The number of hydrogen-bond donors (Lipinski definition) is 0. The molecule has 0 nitrogen and oxygen atoms in total. The van der Waals surface area contributed by atoms with E-state index >= 15 is 0 Å². The van der Waals surface area contributed by atoms with Gasteiger partial charge in [0, 0.05) is 0 Å². The van der Waals surface area contributed by atoms with Crippen LogP contribution in [0.2, 0.25) is 3.17 Å². The molecule has 0 aliphatic heterocycles. The summed E-state index contributed by atoms with van der Waals surface area (Å²) in [6.07, 6.45) is 1.39. The summed E-state index contributed by atoms with van der Waals surface area (Å²) in [5.74, 6) is 1.79. The summed E-state index contributed by atoms with van der Waals surface area (Å²) in [5.41, 5.74) is 0. The zero-order valence-corrected chi connectivity index (χ0v) is 14.1. The van der Waals surface area contributed by atoms with Crippen molar-refractivity contribution in [2.75, 3.05) is 0 Å². The molecule has 0 N–H and O–H groups in total. The number of hydrogen-bond acceptors (Lipinski definition) is 0. The Bertz CT molecular complexity index is 86.9. The van der Waals surface area contributed by atoms with E-state index in [0.29, 0.717) is 0 Å². The Kier molecular flexibility index (Phi) is 4.39. The monoisotopic (exact) mass is 244 g/mol. The zero-order valence-electron chi connectivity index (χ0n) is 8.36. The summed E-state index contributed by atoms with van der Waals surface area (Å²) in [7, 11) is 0. The molecule has 0 aromatic carbocycles. The molecule has 0 aromatic rings. The van der Waals surface area contributed by atoms with E-state index in [0.717, 1.165) is 39.4 Å². The van der Waals surface area contributed by atoms with Crippen LogP contribution in [0.4, 0.5) is 0 Å². The predicted molar refractivity (Wildman–Crippen MR) is 51.2 cm³/mol. The summed E-state index contributed by atoms with van der Waals surface area (Å²) in [6, 6.07) is 0. The Hall–Kier alpha value is 0.870. The summed E-state index contributed by atoms with van der Waals surface area (Å²) < 4.78 is 0.752. The van der Waals surface area contributed by atoms with Crippen LogP contribution < -0.4 is 0 Å². The van der Waals surface area contributed by atoms with E-state index in [1.807, 2.05) is 0 Å². The van der Waals surface area contributed by atoms with E-state index in [4.69, 9.17) is 0 Å². The molecule has 60 valence electrons. The van der Waals surface area contributed by atoms with Gasteiger partial charge in [0.15, 0.2) is 0 Å². The van der Waals surface area contributed by atoms with Crippen LogP contribution in [0.5, 0.6) is 0 Å². The van der Waals surface area contributed by atoms with Crippen molar-refractivity contribution in [3.05, 3.63) is 0 Å². The fourth-order valence-electron chi connectivity index (χ4n) is 1.48. The Labute approximate surface area is 80.4 Å². The molecule has 0 heterocycles. The van der Waals surface area contributed by atoms with Gasteiger partial charge in [-0.05, 0) is 0 Å². The second kappa shape index (κ2) is 4.04. The average molecular weight is 244 g/mol. The minimum absolute atomic E-state index is 0.752. The SMILES string of the molecule is CC[C]([InH2])(C(C)C)C(C)C. The quantitative estimate of drug-likeness (QED) is 0.715. The van der Waals surface area contributed by atoms with Gasteiger partial charge in [-0.15, -0.1) is 0 Å². The van der Waals surface area contributed by atoms with Crippen LogP contribution >= 0.6 is 0 Å². The zero-order chi connectivity index (χ0) is 8.36. The predicted octanol–water partition coefficient (Wildman–Crippen LogP) is 2.50. The molecular weight excluding hydrogens is 223 g/mol. The fourth-order valence-corrected chi connectivity index (χ4v) is 1.48. The van der Waals surface area contributed by atoms with E-state index in [1.54, 1.807) is 0 Å². The molecule has 0 aliphatic carbocycles. The van der Waals surface area contributed by atoms with Gasteiger partial charge in [0.05, 0.1) is 0 Å². The van der Waals surface area contributed by atoms with Crippen molar-refractivity contribution >= 4 is 24.4 Å². The molecule has 0 spiro atoms. The first-order valence-corrected chi connectivity index (χ1v) is 7.30. The second-order valence-electron chi connectivity index (χ2n) is 4.17. The molecule has 0 rings (SSSR count). The van der Waals surface area contributed by atoms with Gasteiger partial charge < -0.3 is 0 Å². The van der Waals surface area contributed by atoms with Crippen molar-refractivity contribution in [1.29, 1.82) is 0 Å². The van der Waals surface area contributed by atoms with Crippen LogP contribution in [0.25, 0.3) is 0 Å². The van der Waals surface area contributed by atoms with Gasteiger partial charge in [-0.25, -0.2) is 0 Å². The Morgan fingerprint density at radius 1 is 1.10 bits per heavy atom. The third kappa shape index (κ3) is 2.18. The minimum atomic E-state index is 0.752. The molecule has 0 saturated heterocycles. The topological polar surface area (TPSA) is 0 Å². The van der Waals surface area contributed by atoms with Gasteiger partial charge in [-0.2, -0.15) is 0 Å². The molecule has 0 aromatic heterocycles. The Morgan fingerprint density at radius 2 is 1.40 bits per heavy atom. The summed E-state index contributed by atoms with van der Waals surface area (Å²) in [6.45, 7) is 11.8. The summed E-state index contributed by atoms with van der Waals surface area (Å²) in [4.78, 5) is 0. The van der Waals surface area contributed by atoms with Crippen molar-refractivity contribution < 1.29 is 0 Å². The normalized spacial score (nSPS) is 13.1. The summed E-state index contributed by atoms with van der Waals surface area (Å²) >= 11 is 0.799. The first-order valence-electron chi connectivity index (χ1n) is 4.45. The maximum absolute atomic E-state index is 2.38. The van der Waals surface area contributed by atoms with Gasteiger partial charge in [-0.3, -0.25) is 0 Å². The van der Waals surface area contributed by atoms with E-state index in [-0.39, 0.29) is 0 Å². The molecule has 1 heteroatoms. The molecule has 0 bridgehead atoms. The molecular formula is C9H21In. The van der Waals surface area contributed by atoms with Crippen molar-refractivity contribution in [3.63, 3.8) is 0 Å². The molecule has 0 saturated carbocycles. The van der Waals surface area contributed by atoms with Crippen molar-refractivity contribution in [3.8, 4) is 0 Å². The molecule has 0 atom stereocenters. The van der Waals surface area contributed by atoms with E-state index in [2.05, 4.69) is 34.6 Å². The first-order chi connectivity index (χ1) is 4.45. The summed E-state index contributed by atoms with van der Waals surface area (Å²) in [5, 5.41) is 0. The van der Waals surface area contributed by atoms with Crippen molar-refractivity contribution in [1.82, 2.24) is 0 Å². The van der Waals surface area contributed by atoms with Crippen LogP contribution in [-0.4, -0.2) is 24.4 Å². The van der Waals surface area contributed by atoms with Crippen LogP contribution in [0.1, 0.15) is 41.0 Å². The molecule has 0 amide bonds. The Morgan fingerprint density at radius 3 is 1.40 bits per heavy atom.